The number of benzene rings is 2. The highest BCUT2D eigenvalue weighted by molar-refractivity contribution is 9.10. The number of alkyl halides is 3. The highest BCUT2D eigenvalue weighted by Crippen LogP contribution is 2.37. The fraction of sp³-hybridized carbons (Fsp3) is 0.143. The maximum absolute atomic E-state index is 13.2. The third-order valence-electron chi connectivity index (χ3n) is 2.86. The monoisotopic (exact) mass is 347 g/mol. The average molecular weight is 348 g/mol. The molecule has 0 amide bonds. The Morgan fingerprint density at radius 1 is 1.05 bits per heavy atom. The van der Waals surface area contributed by atoms with Crippen LogP contribution in [0.2, 0.25) is 0 Å². The molecule has 6 heteroatoms. The predicted octanol–water partition coefficient (Wildman–Crippen LogP) is 4.66. The smallest absolute Gasteiger partial charge is 0.320 e. The van der Waals surface area contributed by atoms with Gasteiger partial charge in [0.1, 0.15) is 5.82 Å². The van der Waals surface area contributed by atoms with Crippen LogP contribution in [-0.4, -0.2) is 0 Å². The average Bonchev–Trinajstić information content (AvgIpc) is 2.37. The minimum absolute atomic E-state index is 0.0914. The normalized spacial score (nSPS) is 13.3. The van der Waals surface area contributed by atoms with Crippen molar-refractivity contribution in [2.24, 2.45) is 5.73 Å². The van der Waals surface area contributed by atoms with E-state index < -0.39 is 23.6 Å². The van der Waals surface area contributed by atoms with Crippen LogP contribution >= 0.6 is 15.9 Å². The first-order valence-corrected chi connectivity index (χ1v) is 6.46. The van der Waals surface area contributed by atoms with Gasteiger partial charge in [-0.15, -0.1) is 0 Å². The van der Waals surface area contributed by atoms with Gasteiger partial charge in [-0.2, -0.15) is 13.2 Å². The van der Waals surface area contributed by atoms with E-state index in [-0.39, 0.29) is 11.1 Å². The lowest BCUT2D eigenvalue weighted by atomic mass is 9.95. The lowest BCUT2D eigenvalue weighted by molar-refractivity contribution is -0.138. The van der Waals surface area contributed by atoms with E-state index in [0.29, 0.717) is 4.47 Å². The highest BCUT2D eigenvalue weighted by atomic mass is 79.9. The fourth-order valence-electron chi connectivity index (χ4n) is 1.92. The number of rotatable bonds is 2. The van der Waals surface area contributed by atoms with E-state index in [0.717, 1.165) is 12.1 Å². The molecule has 2 aromatic carbocycles. The zero-order valence-corrected chi connectivity index (χ0v) is 11.7. The fourth-order valence-corrected chi connectivity index (χ4v) is 2.29. The second-order valence-corrected chi connectivity index (χ2v) is 5.18. The lowest BCUT2D eigenvalue weighted by Crippen LogP contribution is -2.18. The summed E-state index contributed by atoms with van der Waals surface area (Å²) >= 11 is 3.00. The molecular weight excluding hydrogens is 338 g/mol. The Morgan fingerprint density at radius 2 is 1.75 bits per heavy atom. The molecule has 0 aliphatic carbocycles. The van der Waals surface area contributed by atoms with Gasteiger partial charge in [-0.3, -0.25) is 0 Å². The summed E-state index contributed by atoms with van der Waals surface area (Å²) < 4.78 is 52.6. The van der Waals surface area contributed by atoms with Crippen LogP contribution in [0.3, 0.4) is 0 Å². The zero-order valence-electron chi connectivity index (χ0n) is 10.1. The van der Waals surface area contributed by atoms with E-state index in [1.54, 1.807) is 0 Å². The van der Waals surface area contributed by atoms with Crippen LogP contribution in [0.4, 0.5) is 17.6 Å². The van der Waals surface area contributed by atoms with Crippen molar-refractivity contribution in [1.82, 2.24) is 0 Å². The molecule has 0 aromatic heterocycles. The SMILES string of the molecule is NC(c1cccc(F)c1)c1ccc(Br)cc1C(F)(F)F. The van der Waals surface area contributed by atoms with Crippen molar-refractivity contribution >= 4 is 15.9 Å². The predicted molar refractivity (Wildman–Crippen MR) is 71.6 cm³/mol. The van der Waals surface area contributed by atoms with Crippen molar-refractivity contribution in [2.45, 2.75) is 12.2 Å². The maximum atomic E-state index is 13.2. The van der Waals surface area contributed by atoms with Crippen LogP contribution < -0.4 is 5.73 Å². The number of nitrogens with two attached hydrogens (primary N) is 1. The molecule has 2 aromatic rings. The van der Waals surface area contributed by atoms with Gasteiger partial charge < -0.3 is 5.73 Å². The molecule has 2 rings (SSSR count). The molecule has 0 fully saturated rings. The number of halogens is 5. The van der Waals surface area contributed by atoms with Gasteiger partial charge in [-0.05, 0) is 35.4 Å². The minimum atomic E-state index is -4.52. The summed E-state index contributed by atoms with van der Waals surface area (Å²) in [5.41, 5.74) is 5.22. The van der Waals surface area contributed by atoms with Crippen molar-refractivity contribution in [2.75, 3.05) is 0 Å². The minimum Gasteiger partial charge on any atom is -0.320 e. The van der Waals surface area contributed by atoms with Crippen LogP contribution in [0.15, 0.2) is 46.9 Å². The van der Waals surface area contributed by atoms with Crippen LogP contribution in [-0.2, 0) is 6.18 Å². The molecule has 0 saturated carbocycles. The van der Waals surface area contributed by atoms with Crippen molar-refractivity contribution in [3.05, 3.63) is 69.4 Å². The molecule has 106 valence electrons. The largest absolute Gasteiger partial charge is 0.416 e. The Labute approximate surface area is 121 Å². The molecule has 0 saturated heterocycles. The topological polar surface area (TPSA) is 26.0 Å². The molecule has 20 heavy (non-hydrogen) atoms. The molecule has 0 heterocycles. The van der Waals surface area contributed by atoms with Gasteiger partial charge in [0.2, 0.25) is 0 Å². The molecular formula is C14H10BrF4N. The van der Waals surface area contributed by atoms with Crippen LogP contribution in [0.1, 0.15) is 22.7 Å². The first-order valence-electron chi connectivity index (χ1n) is 5.66. The van der Waals surface area contributed by atoms with E-state index in [1.807, 2.05) is 0 Å². The van der Waals surface area contributed by atoms with Gasteiger partial charge >= 0.3 is 6.18 Å². The molecule has 0 bridgehead atoms. The van der Waals surface area contributed by atoms with Gasteiger partial charge in [0.05, 0.1) is 11.6 Å². The Bertz CT molecular complexity index is 625. The number of hydrogen-bond donors (Lipinski definition) is 1. The summed E-state index contributed by atoms with van der Waals surface area (Å²) in [7, 11) is 0. The molecule has 1 unspecified atom stereocenters. The van der Waals surface area contributed by atoms with Crippen LogP contribution in [0.25, 0.3) is 0 Å². The van der Waals surface area contributed by atoms with Crippen LogP contribution in [0, 0.1) is 5.82 Å². The Balaban J connectivity index is 2.52. The van der Waals surface area contributed by atoms with Gasteiger partial charge in [0.25, 0.3) is 0 Å². The van der Waals surface area contributed by atoms with E-state index in [4.69, 9.17) is 5.73 Å². The maximum Gasteiger partial charge on any atom is 0.416 e. The molecule has 0 radical (unpaired) electrons. The van der Waals surface area contributed by atoms with Crippen LogP contribution in [0.5, 0.6) is 0 Å². The number of hydrogen-bond acceptors (Lipinski definition) is 1. The highest BCUT2D eigenvalue weighted by Gasteiger charge is 2.35. The molecule has 2 N–H and O–H groups in total. The zero-order chi connectivity index (χ0) is 14.9. The van der Waals surface area contributed by atoms with Gasteiger partial charge in [0, 0.05) is 4.47 Å². The quantitative estimate of drug-likeness (QED) is 0.786. The Hall–Kier alpha value is -1.40. The van der Waals surface area contributed by atoms with Gasteiger partial charge in [-0.1, -0.05) is 34.1 Å². The first-order chi connectivity index (χ1) is 9.29. The second-order valence-electron chi connectivity index (χ2n) is 4.26. The van der Waals surface area contributed by atoms with E-state index in [2.05, 4.69) is 15.9 Å². The van der Waals surface area contributed by atoms with E-state index in [9.17, 15) is 17.6 Å². The van der Waals surface area contributed by atoms with Gasteiger partial charge in [0.15, 0.2) is 0 Å². The molecule has 0 aliphatic heterocycles. The second kappa shape index (κ2) is 5.54. The standard InChI is InChI=1S/C14H10BrF4N/c15-9-4-5-11(12(7-9)14(17,18)19)13(20)8-2-1-3-10(16)6-8/h1-7,13H,20H2. The lowest BCUT2D eigenvalue weighted by Gasteiger charge is -2.19. The van der Waals surface area contributed by atoms with E-state index >= 15 is 0 Å². The Kier molecular flexibility index (Phi) is 4.15. The summed E-state index contributed by atoms with van der Waals surface area (Å²) in [5.74, 6) is -0.538. The molecule has 0 aliphatic rings. The van der Waals surface area contributed by atoms with Crippen molar-refractivity contribution in [3.8, 4) is 0 Å². The summed E-state index contributed by atoms with van der Waals surface area (Å²) in [6.45, 7) is 0. The summed E-state index contributed by atoms with van der Waals surface area (Å²) in [6, 6.07) is 7.94. The third kappa shape index (κ3) is 3.19. The Morgan fingerprint density at radius 3 is 2.35 bits per heavy atom. The van der Waals surface area contributed by atoms with Crippen molar-refractivity contribution in [1.29, 1.82) is 0 Å². The molecule has 0 spiro atoms. The van der Waals surface area contributed by atoms with Crippen molar-refractivity contribution < 1.29 is 17.6 Å². The first kappa shape index (κ1) is 15.0. The van der Waals surface area contributed by atoms with Gasteiger partial charge in [-0.25, -0.2) is 4.39 Å². The summed E-state index contributed by atoms with van der Waals surface area (Å²) in [6.07, 6.45) is -4.52. The summed E-state index contributed by atoms with van der Waals surface area (Å²) in [5, 5.41) is 0. The third-order valence-corrected chi connectivity index (χ3v) is 3.36. The summed E-state index contributed by atoms with van der Waals surface area (Å²) in [4.78, 5) is 0. The molecule has 1 nitrogen and oxygen atoms in total. The molecule has 1 atom stereocenters. The van der Waals surface area contributed by atoms with Crippen molar-refractivity contribution in [3.63, 3.8) is 0 Å². The van der Waals surface area contributed by atoms with E-state index in [1.165, 1.54) is 30.3 Å².